The number of hydrogen-bond donors (Lipinski definition) is 4. The van der Waals surface area contributed by atoms with Crippen molar-refractivity contribution < 1.29 is 19.1 Å². The predicted molar refractivity (Wildman–Crippen MR) is 261 cm³/mol. The van der Waals surface area contributed by atoms with Crippen molar-refractivity contribution in [2.75, 3.05) is 20.3 Å². The summed E-state index contributed by atoms with van der Waals surface area (Å²) in [4.78, 5) is 39.1. The molecular formula is C55H78N4O4. The molecule has 5 atom stereocenters. The molecule has 1 aliphatic carbocycles. The minimum Gasteiger partial charge on any atom is -0.468 e. The van der Waals surface area contributed by atoms with Crippen LogP contribution in [0.5, 0.6) is 0 Å². The van der Waals surface area contributed by atoms with E-state index >= 15 is 0 Å². The predicted octanol–water partition coefficient (Wildman–Crippen LogP) is 11.5. The Morgan fingerprint density at radius 2 is 1.51 bits per heavy atom. The molecule has 3 aromatic rings. The van der Waals surface area contributed by atoms with Crippen molar-refractivity contribution in [2.24, 2.45) is 35.5 Å². The van der Waals surface area contributed by atoms with Gasteiger partial charge in [-0.25, -0.2) is 0 Å². The Morgan fingerprint density at radius 3 is 2.17 bits per heavy atom. The SMILES string of the molecule is C=Cc1c2[nH]c(c1C)/C=C1\N/C(=C3\c4[nH]c(c(C)c4C(=O)[C@@H]3C(=O)OC)/C=c3\[nH]/c(c(C)c3CC)=C\2)[C@@H](CCCOC/C=C(\C)CCC[C@H](C)CCC[C@H](C)CCCC(C)C)[C@@H]1C. The molecule has 0 unspecified atom stereocenters. The summed E-state index contributed by atoms with van der Waals surface area (Å²) in [6.07, 6.45) is 25.0. The number of ether oxygens (including phenoxy) is 2. The zero-order chi connectivity index (χ0) is 45.5. The number of methoxy groups -OCH3 is 1. The van der Waals surface area contributed by atoms with E-state index in [1.165, 1.54) is 75.2 Å². The number of ketones is 1. The number of rotatable bonds is 21. The second kappa shape index (κ2) is 21.4. The van der Waals surface area contributed by atoms with Gasteiger partial charge in [0, 0.05) is 74.3 Å². The molecule has 0 spiro atoms. The number of nitrogens with one attached hydrogen (secondary N) is 4. The van der Waals surface area contributed by atoms with Crippen LogP contribution in [0.3, 0.4) is 0 Å². The molecule has 2 aliphatic heterocycles. The number of aromatic nitrogens is 3. The summed E-state index contributed by atoms with van der Waals surface area (Å²) in [5.74, 6) is 0.733. The fourth-order valence-corrected chi connectivity index (χ4v) is 10.5. The fraction of sp³-hybridized carbons (Fsp3) is 0.564. The molecule has 0 radical (unpaired) electrons. The third-order valence-electron chi connectivity index (χ3n) is 14.6. The first kappa shape index (κ1) is 47.9. The van der Waals surface area contributed by atoms with Crippen LogP contribution in [0, 0.1) is 56.3 Å². The topological polar surface area (TPSA) is 112 Å². The number of Topliss-reactive ketones (excluding diaryl/α,β-unsaturated/α-hetero) is 1. The summed E-state index contributed by atoms with van der Waals surface area (Å²) in [5.41, 5.74) is 13.6. The Morgan fingerprint density at radius 1 is 0.841 bits per heavy atom. The van der Waals surface area contributed by atoms with Crippen molar-refractivity contribution in [3.63, 3.8) is 0 Å². The van der Waals surface area contributed by atoms with Gasteiger partial charge in [-0.05, 0) is 118 Å². The van der Waals surface area contributed by atoms with Crippen LogP contribution < -0.4 is 16.0 Å². The van der Waals surface area contributed by atoms with Crippen LogP contribution in [0.1, 0.15) is 180 Å². The number of allylic oxidation sites excluding steroid dienone is 3. The highest BCUT2D eigenvalue weighted by atomic mass is 16.5. The maximum absolute atomic E-state index is 14.4. The quantitative estimate of drug-likeness (QED) is 0.0369. The standard InChI is InChI=1S/C55H78N4O4/c1-13-40-36(8)43-29-45-38(10)42(25-18-27-63-28-26-35(7)24-17-23-34(6)22-16-21-33(5)20-15-19-32(3)4)52(58-45)50-51(55(61)62-12)54(60)49-39(11)46(59-53(49)50)31-48-41(14-2)37(9)44(57-48)30-47(40)56-43/h13,26,29-34,38,42,51,56-59H,1,14-25,27-28H2,2-12H3/b35-26+,44-30-,45-29-,48-31-,52-50-/t33-,34-,38+,42+,51-/m1/s1. The molecule has 8 bridgehead atoms. The van der Waals surface area contributed by atoms with Crippen LogP contribution in [-0.2, 0) is 20.7 Å². The van der Waals surface area contributed by atoms with Crippen molar-refractivity contribution in [1.29, 1.82) is 0 Å². The first-order chi connectivity index (χ1) is 30.2. The highest BCUT2D eigenvalue weighted by molar-refractivity contribution is 6.24. The first-order valence-corrected chi connectivity index (χ1v) is 24.3. The molecule has 3 aromatic heterocycles. The maximum Gasteiger partial charge on any atom is 0.321 e. The van der Waals surface area contributed by atoms with Crippen molar-refractivity contribution in [3.05, 3.63) is 96.5 Å². The first-order valence-electron chi connectivity index (χ1n) is 24.3. The minimum atomic E-state index is -1.05. The molecule has 8 heteroatoms. The van der Waals surface area contributed by atoms with Crippen molar-refractivity contribution >= 4 is 41.6 Å². The van der Waals surface area contributed by atoms with E-state index in [2.05, 4.69) is 113 Å². The Bertz CT molecular complexity index is 2360. The maximum atomic E-state index is 14.4. The lowest BCUT2D eigenvalue weighted by atomic mass is 9.85. The lowest BCUT2D eigenvalue weighted by Gasteiger charge is -2.20. The average molecular weight is 859 g/mol. The molecule has 6 rings (SSSR count). The van der Waals surface area contributed by atoms with Crippen LogP contribution in [0.15, 0.2) is 29.6 Å². The summed E-state index contributed by atoms with van der Waals surface area (Å²) in [6.45, 7) is 27.8. The molecule has 0 amide bonds. The van der Waals surface area contributed by atoms with Gasteiger partial charge in [-0.15, -0.1) is 0 Å². The number of carbonyl (C=O) groups excluding carboxylic acids is 2. The van der Waals surface area contributed by atoms with Crippen molar-refractivity contribution in [2.45, 2.75) is 146 Å². The zero-order valence-corrected chi connectivity index (χ0v) is 40.6. The fourth-order valence-electron chi connectivity index (χ4n) is 10.5. The monoisotopic (exact) mass is 859 g/mol. The molecule has 4 N–H and O–H groups in total. The van der Waals surface area contributed by atoms with E-state index < -0.39 is 11.9 Å². The van der Waals surface area contributed by atoms with Crippen molar-refractivity contribution in [3.8, 4) is 0 Å². The Kier molecular flexibility index (Phi) is 16.3. The lowest BCUT2D eigenvalue weighted by Crippen LogP contribution is -2.25. The third-order valence-corrected chi connectivity index (χ3v) is 14.6. The molecule has 0 aromatic carbocycles. The van der Waals surface area contributed by atoms with Gasteiger partial charge in [-0.3, -0.25) is 9.59 Å². The van der Waals surface area contributed by atoms with Gasteiger partial charge in [0.25, 0.3) is 0 Å². The Labute approximate surface area is 378 Å². The Balaban J connectivity index is 1.19. The second-order valence-electron chi connectivity index (χ2n) is 19.7. The third kappa shape index (κ3) is 10.7. The van der Waals surface area contributed by atoms with Gasteiger partial charge >= 0.3 is 5.97 Å². The number of H-pyrrole nitrogens is 3. The molecule has 8 nitrogen and oxygen atoms in total. The van der Waals surface area contributed by atoms with E-state index in [4.69, 9.17) is 9.47 Å². The summed E-state index contributed by atoms with van der Waals surface area (Å²) >= 11 is 0. The largest absolute Gasteiger partial charge is 0.468 e. The molecule has 1 fully saturated rings. The summed E-state index contributed by atoms with van der Waals surface area (Å²) < 4.78 is 11.6. The van der Waals surface area contributed by atoms with E-state index in [0.29, 0.717) is 30.0 Å². The average Bonchev–Trinajstić information content (AvgIpc) is 3.99. The number of fused-ring (bicyclic) bond motifs is 7. The van der Waals surface area contributed by atoms with Gasteiger partial charge in [-0.2, -0.15) is 0 Å². The summed E-state index contributed by atoms with van der Waals surface area (Å²) in [5, 5.41) is 5.83. The molecule has 5 heterocycles. The summed E-state index contributed by atoms with van der Waals surface area (Å²) in [6, 6.07) is 0. The van der Waals surface area contributed by atoms with E-state index in [-0.39, 0.29) is 17.6 Å². The van der Waals surface area contributed by atoms with Crippen LogP contribution in [-0.4, -0.2) is 47.0 Å². The van der Waals surface area contributed by atoms with Crippen LogP contribution in [0.25, 0.3) is 29.9 Å². The van der Waals surface area contributed by atoms with Gasteiger partial charge < -0.3 is 29.7 Å². The number of hydrogen-bond acceptors (Lipinski definition) is 5. The highest BCUT2D eigenvalue weighted by Crippen LogP contribution is 2.48. The number of aromatic amines is 3. The molecule has 63 heavy (non-hydrogen) atoms. The van der Waals surface area contributed by atoms with Gasteiger partial charge in [0.05, 0.1) is 19.4 Å². The molecule has 0 saturated carbocycles. The van der Waals surface area contributed by atoms with Gasteiger partial charge in [0.15, 0.2) is 5.78 Å². The molecule has 3 aliphatic rings. The summed E-state index contributed by atoms with van der Waals surface area (Å²) in [7, 11) is 1.37. The second-order valence-corrected chi connectivity index (χ2v) is 19.7. The zero-order valence-electron chi connectivity index (χ0n) is 40.6. The Hall–Kier alpha value is -4.56. The van der Waals surface area contributed by atoms with E-state index in [0.717, 1.165) is 99.3 Å². The van der Waals surface area contributed by atoms with Gasteiger partial charge in [-0.1, -0.05) is 111 Å². The van der Waals surface area contributed by atoms with Crippen LogP contribution >= 0.6 is 0 Å². The normalized spacial score (nSPS) is 22.3. The lowest BCUT2D eigenvalue weighted by molar-refractivity contribution is -0.141. The van der Waals surface area contributed by atoms with Gasteiger partial charge in [0.2, 0.25) is 0 Å². The van der Waals surface area contributed by atoms with E-state index in [1.54, 1.807) is 0 Å². The smallest absolute Gasteiger partial charge is 0.321 e. The van der Waals surface area contributed by atoms with Crippen molar-refractivity contribution in [1.82, 2.24) is 20.3 Å². The highest BCUT2D eigenvalue weighted by Gasteiger charge is 2.48. The molecule has 1 saturated heterocycles. The number of esters is 1. The van der Waals surface area contributed by atoms with Gasteiger partial charge in [0.1, 0.15) is 5.92 Å². The molecule has 342 valence electrons. The van der Waals surface area contributed by atoms with Crippen LogP contribution in [0.4, 0.5) is 0 Å². The molecular weight excluding hydrogens is 781 g/mol. The van der Waals surface area contributed by atoms with E-state index in [9.17, 15) is 9.59 Å². The van der Waals surface area contributed by atoms with E-state index in [1.807, 2.05) is 13.0 Å². The minimum absolute atomic E-state index is 0.0138. The van der Waals surface area contributed by atoms with Crippen LogP contribution in [0.2, 0.25) is 0 Å². The number of carbonyl (C=O) groups is 2.